The van der Waals surface area contributed by atoms with Crippen LogP contribution in [-0.2, 0) is 11.2 Å². The number of H-pyrrole nitrogens is 1. The molecule has 5 rings (SSSR count). The molecule has 2 aromatic rings. The Morgan fingerprint density at radius 3 is 2.60 bits per heavy atom. The number of amides is 1. The Balaban J connectivity index is 1.20. The fourth-order valence-corrected chi connectivity index (χ4v) is 4.60. The summed E-state index contributed by atoms with van der Waals surface area (Å²) in [5, 5.41) is 0. The van der Waals surface area contributed by atoms with Gasteiger partial charge in [0.25, 0.3) is 0 Å². The molecule has 8 heteroatoms. The van der Waals surface area contributed by atoms with Crippen molar-refractivity contribution < 1.29 is 4.79 Å². The Labute approximate surface area is 177 Å². The number of carbonyl (C=O) groups is 1. The van der Waals surface area contributed by atoms with Gasteiger partial charge in [0, 0.05) is 29.9 Å². The molecule has 2 aliphatic heterocycles. The molecule has 0 aromatic carbocycles. The molecule has 1 saturated carbocycles. The normalized spacial score (nSPS) is 19.1. The Morgan fingerprint density at radius 2 is 1.83 bits per heavy atom. The van der Waals surface area contributed by atoms with Crippen molar-refractivity contribution in [2.75, 3.05) is 36.8 Å². The molecular weight excluding hydrogens is 378 g/mol. The highest BCUT2D eigenvalue weighted by atomic mass is 16.2. The number of imidazole rings is 1. The topological polar surface area (TPSA) is 104 Å². The van der Waals surface area contributed by atoms with Crippen LogP contribution in [0.1, 0.15) is 68.5 Å². The number of hydrogen-bond donors (Lipinski definition) is 2. The molecule has 3 aliphatic rings. The number of nitrogens with one attached hydrogen (secondary N) is 1. The number of nitrogen functional groups attached to an aromatic ring is 1. The summed E-state index contributed by atoms with van der Waals surface area (Å²) in [6.45, 7) is 4.43. The third-order valence-electron chi connectivity index (χ3n) is 6.53. The second-order valence-corrected chi connectivity index (χ2v) is 8.88. The molecule has 8 nitrogen and oxygen atoms in total. The van der Waals surface area contributed by atoms with E-state index in [1.807, 2.05) is 6.20 Å². The lowest BCUT2D eigenvalue weighted by molar-refractivity contribution is -0.117. The zero-order chi connectivity index (χ0) is 20.5. The minimum Gasteiger partial charge on any atom is -0.383 e. The summed E-state index contributed by atoms with van der Waals surface area (Å²) in [6, 6.07) is 0. The maximum Gasteiger partial charge on any atom is 0.232 e. The van der Waals surface area contributed by atoms with Gasteiger partial charge in [-0.25, -0.2) is 15.0 Å². The van der Waals surface area contributed by atoms with E-state index in [0.717, 1.165) is 24.1 Å². The summed E-state index contributed by atoms with van der Waals surface area (Å²) in [5.41, 5.74) is 8.08. The molecular formula is C22H31N7O. The number of aromatic amines is 1. The quantitative estimate of drug-likeness (QED) is 0.617. The highest BCUT2D eigenvalue weighted by Crippen LogP contribution is 2.39. The fraction of sp³-hybridized carbons (Fsp3) is 0.636. The van der Waals surface area contributed by atoms with Crippen molar-refractivity contribution in [3.05, 3.63) is 17.5 Å². The first kappa shape index (κ1) is 19.5. The van der Waals surface area contributed by atoms with E-state index in [9.17, 15) is 4.79 Å². The first-order valence-electron chi connectivity index (χ1n) is 11.4. The van der Waals surface area contributed by atoms with Crippen molar-refractivity contribution in [3.63, 3.8) is 0 Å². The highest BCUT2D eigenvalue weighted by molar-refractivity contribution is 6.01. The summed E-state index contributed by atoms with van der Waals surface area (Å²) >= 11 is 0. The Morgan fingerprint density at radius 1 is 1.07 bits per heavy atom. The minimum absolute atomic E-state index is 0.0679. The van der Waals surface area contributed by atoms with E-state index >= 15 is 0 Å². The third-order valence-corrected chi connectivity index (χ3v) is 6.53. The first-order chi connectivity index (χ1) is 14.7. The molecule has 1 aliphatic carbocycles. The van der Waals surface area contributed by atoms with Crippen molar-refractivity contribution >= 4 is 17.5 Å². The van der Waals surface area contributed by atoms with Crippen LogP contribution < -0.4 is 10.6 Å². The van der Waals surface area contributed by atoms with Gasteiger partial charge >= 0.3 is 0 Å². The number of carbonyl (C=O) groups excluding carboxylic acids is 1. The second-order valence-electron chi connectivity index (χ2n) is 8.88. The molecule has 0 unspecified atom stereocenters. The number of hydrogen-bond acceptors (Lipinski definition) is 6. The number of anilines is 2. The van der Waals surface area contributed by atoms with Crippen LogP contribution in [0.3, 0.4) is 0 Å². The lowest BCUT2D eigenvalue weighted by Gasteiger charge is -2.17. The molecule has 2 aromatic heterocycles. The number of rotatable bonds is 9. The molecule has 4 heterocycles. The van der Waals surface area contributed by atoms with Gasteiger partial charge in [0.1, 0.15) is 11.6 Å². The summed E-state index contributed by atoms with van der Waals surface area (Å²) in [6.07, 6.45) is 11.8. The van der Waals surface area contributed by atoms with Crippen LogP contribution in [0.15, 0.2) is 6.20 Å². The van der Waals surface area contributed by atoms with Gasteiger partial charge in [-0.1, -0.05) is 12.8 Å². The van der Waals surface area contributed by atoms with Gasteiger partial charge in [-0.3, -0.25) is 9.69 Å². The number of fused-ring (bicyclic) bond motifs is 1. The van der Waals surface area contributed by atoms with Crippen LogP contribution in [0.4, 0.5) is 11.6 Å². The van der Waals surface area contributed by atoms with E-state index in [-0.39, 0.29) is 5.91 Å². The fourth-order valence-electron chi connectivity index (χ4n) is 4.60. The number of nitrogens with zero attached hydrogens (tertiary/aromatic N) is 5. The summed E-state index contributed by atoms with van der Waals surface area (Å²) in [7, 11) is 0. The summed E-state index contributed by atoms with van der Waals surface area (Å²) in [5.74, 6) is 2.82. The molecule has 30 heavy (non-hydrogen) atoms. The lowest BCUT2D eigenvalue weighted by Crippen LogP contribution is -2.28. The van der Waals surface area contributed by atoms with E-state index in [1.165, 1.54) is 58.2 Å². The van der Waals surface area contributed by atoms with Crippen LogP contribution in [0, 0.1) is 0 Å². The van der Waals surface area contributed by atoms with Gasteiger partial charge in [0.2, 0.25) is 5.91 Å². The standard InChI is InChI=1S/C22H31N7O/c23-19-16-13-18(30)29(12-4-2-1-3-9-28-10-5-6-11-28)22(16)27-21(26-19)20-24-14-17(25-20)15-7-8-15/h14-15H,1-13H2,(H,24,25)(H2,23,26,27). The van der Waals surface area contributed by atoms with E-state index in [2.05, 4.69) is 19.9 Å². The van der Waals surface area contributed by atoms with E-state index in [1.54, 1.807) is 4.90 Å². The van der Waals surface area contributed by atoms with Gasteiger partial charge in [-0.05, 0) is 58.2 Å². The SMILES string of the molecule is Nc1nc(-c2ncc(C3CC3)[nH]2)nc2c1CC(=O)N2CCCCCCN1CCCC1. The van der Waals surface area contributed by atoms with Crippen molar-refractivity contribution in [1.82, 2.24) is 24.8 Å². The summed E-state index contributed by atoms with van der Waals surface area (Å²) in [4.78, 5) is 33.8. The van der Waals surface area contributed by atoms with Crippen LogP contribution in [0.5, 0.6) is 0 Å². The maximum absolute atomic E-state index is 12.6. The molecule has 160 valence electrons. The van der Waals surface area contributed by atoms with Gasteiger partial charge in [0.05, 0.1) is 6.42 Å². The van der Waals surface area contributed by atoms with Crippen LogP contribution in [0.2, 0.25) is 0 Å². The predicted molar refractivity (Wildman–Crippen MR) is 116 cm³/mol. The van der Waals surface area contributed by atoms with Crippen LogP contribution in [-0.4, -0.2) is 56.9 Å². The third kappa shape index (κ3) is 4.05. The Hall–Kier alpha value is -2.48. The molecule has 0 bridgehead atoms. The molecule has 0 atom stereocenters. The van der Waals surface area contributed by atoms with E-state index in [4.69, 9.17) is 10.7 Å². The maximum atomic E-state index is 12.6. The highest BCUT2D eigenvalue weighted by Gasteiger charge is 2.32. The first-order valence-corrected chi connectivity index (χ1v) is 11.4. The predicted octanol–water partition coefficient (Wildman–Crippen LogP) is 2.87. The number of nitrogens with two attached hydrogens (primary N) is 1. The number of likely N-dealkylation sites (tertiary alicyclic amines) is 1. The molecule has 1 saturated heterocycles. The molecule has 2 fully saturated rings. The number of unbranched alkanes of at least 4 members (excludes halogenated alkanes) is 3. The Bertz CT molecular complexity index is 914. The van der Waals surface area contributed by atoms with Crippen molar-refractivity contribution in [3.8, 4) is 11.6 Å². The smallest absolute Gasteiger partial charge is 0.232 e. The van der Waals surface area contributed by atoms with Crippen LogP contribution >= 0.6 is 0 Å². The zero-order valence-electron chi connectivity index (χ0n) is 17.6. The zero-order valence-corrected chi connectivity index (χ0v) is 17.6. The average Bonchev–Trinajstić information content (AvgIpc) is 3.14. The lowest BCUT2D eigenvalue weighted by atomic mass is 10.2. The van der Waals surface area contributed by atoms with Crippen molar-refractivity contribution in [2.24, 2.45) is 0 Å². The molecule has 0 radical (unpaired) electrons. The molecule has 3 N–H and O–H groups in total. The van der Waals surface area contributed by atoms with E-state index < -0.39 is 0 Å². The average molecular weight is 410 g/mol. The van der Waals surface area contributed by atoms with Crippen molar-refractivity contribution in [1.29, 1.82) is 0 Å². The molecule has 0 spiro atoms. The van der Waals surface area contributed by atoms with Gasteiger partial charge < -0.3 is 15.6 Å². The minimum atomic E-state index is 0.0679. The Kier molecular flexibility index (Phi) is 5.41. The van der Waals surface area contributed by atoms with Gasteiger partial charge in [0.15, 0.2) is 11.6 Å². The number of aromatic nitrogens is 4. The summed E-state index contributed by atoms with van der Waals surface area (Å²) < 4.78 is 0. The van der Waals surface area contributed by atoms with Crippen molar-refractivity contribution in [2.45, 2.75) is 63.7 Å². The van der Waals surface area contributed by atoms with Gasteiger partial charge in [-0.2, -0.15) is 0 Å². The van der Waals surface area contributed by atoms with Crippen LogP contribution in [0.25, 0.3) is 11.6 Å². The largest absolute Gasteiger partial charge is 0.383 e. The second kappa shape index (κ2) is 8.34. The van der Waals surface area contributed by atoms with Gasteiger partial charge in [-0.15, -0.1) is 0 Å². The monoisotopic (exact) mass is 409 g/mol. The molecule has 1 amide bonds. The van der Waals surface area contributed by atoms with E-state index in [0.29, 0.717) is 42.2 Å².